The van der Waals surface area contributed by atoms with Crippen molar-refractivity contribution in [2.45, 2.75) is 0 Å². The molecule has 0 bridgehead atoms. The van der Waals surface area contributed by atoms with Gasteiger partial charge < -0.3 is 8.83 Å². The van der Waals surface area contributed by atoms with Crippen LogP contribution in [0.5, 0.6) is 0 Å². The Balaban J connectivity index is 1.80. The van der Waals surface area contributed by atoms with Crippen molar-refractivity contribution in [2.75, 3.05) is 0 Å². The number of hydrogen-bond acceptors (Lipinski definition) is 3. The molecule has 0 unspecified atom stereocenters. The first-order valence-corrected chi connectivity index (χ1v) is 8.41. The van der Waals surface area contributed by atoms with Crippen LogP contribution < -0.4 is 0 Å². The summed E-state index contributed by atoms with van der Waals surface area (Å²) >= 11 is 0. The second kappa shape index (κ2) is 4.65. The third kappa shape index (κ3) is 1.61. The van der Waals surface area contributed by atoms with Gasteiger partial charge >= 0.3 is 0 Å². The Labute approximate surface area is 147 Å². The maximum atomic E-state index is 9.12. The van der Waals surface area contributed by atoms with E-state index >= 15 is 0 Å². The summed E-state index contributed by atoms with van der Waals surface area (Å²) in [5.41, 5.74) is 1.69. The topological polar surface area (TPSA) is 50.1 Å². The molecule has 3 heteroatoms. The highest BCUT2D eigenvalue weighted by atomic mass is 16.3. The van der Waals surface area contributed by atoms with Crippen molar-refractivity contribution >= 4 is 54.3 Å². The Morgan fingerprint density at radius 1 is 0.615 bits per heavy atom. The Hall–Kier alpha value is -3.77. The lowest BCUT2D eigenvalue weighted by Gasteiger charge is -2.08. The SMILES string of the molecule is N#Cc1cc2ccc3c4ccc5c(ccc6ccoc65)c4ccc3c2o1. The van der Waals surface area contributed by atoms with E-state index in [4.69, 9.17) is 14.1 Å². The summed E-state index contributed by atoms with van der Waals surface area (Å²) in [6.07, 6.45) is 1.73. The second-order valence-electron chi connectivity index (χ2n) is 6.53. The summed E-state index contributed by atoms with van der Waals surface area (Å²) in [7, 11) is 0. The number of rotatable bonds is 0. The molecule has 0 spiro atoms. The van der Waals surface area contributed by atoms with E-state index in [0.717, 1.165) is 43.5 Å². The largest absolute Gasteiger partial charge is 0.464 e. The van der Waals surface area contributed by atoms with E-state index in [9.17, 15) is 0 Å². The van der Waals surface area contributed by atoms with Gasteiger partial charge in [-0.05, 0) is 39.7 Å². The predicted octanol–water partition coefficient (Wildman–Crippen LogP) is 6.51. The third-order valence-corrected chi connectivity index (χ3v) is 5.20. The first-order valence-electron chi connectivity index (χ1n) is 8.41. The Morgan fingerprint density at radius 3 is 1.92 bits per heavy atom. The van der Waals surface area contributed by atoms with Crippen molar-refractivity contribution < 1.29 is 8.83 Å². The minimum atomic E-state index is 0.339. The molecular weight excluding hydrogens is 322 g/mol. The van der Waals surface area contributed by atoms with Crippen LogP contribution >= 0.6 is 0 Å². The standard InChI is InChI=1S/C23H11NO2/c24-12-15-11-14-2-4-19-17-5-7-20-18(3-1-13-9-10-25-22(13)20)16(17)6-8-21(19)23(14)26-15/h1-11H. The van der Waals surface area contributed by atoms with Crippen molar-refractivity contribution in [1.82, 2.24) is 0 Å². The van der Waals surface area contributed by atoms with Gasteiger partial charge in [-0.2, -0.15) is 5.26 Å². The lowest BCUT2D eigenvalue weighted by atomic mass is 9.95. The number of fused-ring (bicyclic) bond motifs is 9. The quantitative estimate of drug-likeness (QED) is 0.298. The minimum Gasteiger partial charge on any atom is -0.464 e. The molecule has 4 aromatic carbocycles. The average molecular weight is 333 g/mol. The fourth-order valence-electron chi connectivity index (χ4n) is 4.02. The molecule has 2 aromatic heterocycles. The van der Waals surface area contributed by atoms with Crippen LogP contribution in [0.3, 0.4) is 0 Å². The molecule has 0 aliphatic carbocycles. The number of furan rings is 2. The first kappa shape index (κ1) is 13.5. The van der Waals surface area contributed by atoms with Crippen LogP contribution in [0.2, 0.25) is 0 Å². The minimum absolute atomic E-state index is 0.339. The molecule has 0 radical (unpaired) electrons. The normalized spacial score (nSPS) is 11.8. The van der Waals surface area contributed by atoms with Crippen molar-refractivity contribution in [1.29, 1.82) is 5.26 Å². The van der Waals surface area contributed by atoms with Crippen LogP contribution in [0.25, 0.3) is 54.3 Å². The number of hydrogen-bond donors (Lipinski definition) is 0. The molecule has 120 valence electrons. The van der Waals surface area contributed by atoms with E-state index in [1.54, 1.807) is 12.3 Å². The smallest absolute Gasteiger partial charge is 0.204 e. The molecule has 6 rings (SSSR count). The molecule has 26 heavy (non-hydrogen) atoms. The summed E-state index contributed by atoms with van der Waals surface area (Å²) < 4.78 is 11.4. The van der Waals surface area contributed by atoms with Gasteiger partial charge in [-0.1, -0.05) is 36.4 Å². The molecule has 0 atom stereocenters. The molecule has 0 N–H and O–H groups in total. The van der Waals surface area contributed by atoms with Crippen LogP contribution in [0, 0.1) is 11.3 Å². The van der Waals surface area contributed by atoms with E-state index in [2.05, 4.69) is 48.5 Å². The highest BCUT2D eigenvalue weighted by Crippen LogP contribution is 2.37. The monoisotopic (exact) mass is 333 g/mol. The van der Waals surface area contributed by atoms with Gasteiger partial charge in [0.1, 0.15) is 17.2 Å². The zero-order valence-corrected chi connectivity index (χ0v) is 13.6. The van der Waals surface area contributed by atoms with Gasteiger partial charge in [0.25, 0.3) is 0 Å². The molecule has 3 nitrogen and oxygen atoms in total. The highest BCUT2D eigenvalue weighted by molar-refractivity contribution is 6.23. The van der Waals surface area contributed by atoms with Gasteiger partial charge in [-0.15, -0.1) is 0 Å². The van der Waals surface area contributed by atoms with Crippen molar-refractivity contribution in [3.8, 4) is 6.07 Å². The molecule has 2 heterocycles. The summed E-state index contributed by atoms with van der Waals surface area (Å²) in [6.45, 7) is 0. The Morgan fingerprint density at radius 2 is 1.19 bits per heavy atom. The lowest BCUT2D eigenvalue weighted by molar-refractivity contribution is 0.602. The molecule has 0 saturated carbocycles. The maximum Gasteiger partial charge on any atom is 0.204 e. The highest BCUT2D eigenvalue weighted by Gasteiger charge is 2.12. The van der Waals surface area contributed by atoms with Gasteiger partial charge in [-0.25, -0.2) is 0 Å². The predicted molar refractivity (Wildman–Crippen MR) is 103 cm³/mol. The molecule has 0 aliphatic rings. The van der Waals surface area contributed by atoms with E-state index < -0.39 is 0 Å². The fraction of sp³-hybridized carbons (Fsp3) is 0. The van der Waals surface area contributed by atoms with Crippen LogP contribution in [0.4, 0.5) is 0 Å². The van der Waals surface area contributed by atoms with Gasteiger partial charge in [0.2, 0.25) is 5.76 Å². The zero-order valence-electron chi connectivity index (χ0n) is 13.6. The summed E-state index contributed by atoms with van der Waals surface area (Å²) in [4.78, 5) is 0. The Bertz CT molecular complexity index is 1540. The molecule has 0 fully saturated rings. The molecule has 0 aliphatic heterocycles. The van der Waals surface area contributed by atoms with Crippen LogP contribution in [-0.2, 0) is 0 Å². The van der Waals surface area contributed by atoms with E-state index in [0.29, 0.717) is 5.76 Å². The second-order valence-corrected chi connectivity index (χ2v) is 6.53. The summed E-state index contributed by atoms with van der Waals surface area (Å²) in [5.74, 6) is 0.339. The Kier molecular flexibility index (Phi) is 2.42. The maximum absolute atomic E-state index is 9.12. The van der Waals surface area contributed by atoms with Gasteiger partial charge in [0.05, 0.1) is 6.26 Å². The van der Waals surface area contributed by atoms with Gasteiger partial charge in [0.15, 0.2) is 0 Å². The summed E-state index contributed by atoms with van der Waals surface area (Å²) in [5, 5.41) is 18.0. The van der Waals surface area contributed by atoms with E-state index in [1.807, 2.05) is 12.1 Å². The molecule has 6 aromatic rings. The van der Waals surface area contributed by atoms with Crippen molar-refractivity contribution in [2.24, 2.45) is 0 Å². The summed E-state index contributed by atoms with van der Waals surface area (Å²) in [6, 6.07) is 22.7. The first-order chi connectivity index (χ1) is 12.8. The van der Waals surface area contributed by atoms with Gasteiger partial charge in [0, 0.05) is 27.6 Å². The van der Waals surface area contributed by atoms with Crippen LogP contribution in [0.1, 0.15) is 5.76 Å². The number of nitriles is 1. The average Bonchev–Trinajstić information content (AvgIpc) is 3.33. The van der Waals surface area contributed by atoms with Gasteiger partial charge in [-0.3, -0.25) is 0 Å². The lowest BCUT2D eigenvalue weighted by Crippen LogP contribution is -1.82. The van der Waals surface area contributed by atoms with E-state index in [-0.39, 0.29) is 0 Å². The molecular formula is C23H11NO2. The number of nitrogens with zero attached hydrogens (tertiary/aromatic N) is 1. The van der Waals surface area contributed by atoms with E-state index in [1.165, 1.54) is 10.8 Å². The van der Waals surface area contributed by atoms with Crippen molar-refractivity contribution in [3.63, 3.8) is 0 Å². The van der Waals surface area contributed by atoms with Crippen molar-refractivity contribution in [3.05, 3.63) is 72.7 Å². The van der Waals surface area contributed by atoms with Crippen LogP contribution in [-0.4, -0.2) is 0 Å². The third-order valence-electron chi connectivity index (χ3n) is 5.20. The van der Waals surface area contributed by atoms with Crippen LogP contribution in [0.15, 0.2) is 75.8 Å². The molecule has 0 amide bonds. The fourth-order valence-corrected chi connectivity index (χ4v) is 4.02. The number of benzene rings is 4. The molecule has 0 saturated heterocycles. The zero-order chi connectivity index (χ0) is 17.3.